The van der Waals surface area contributed by atoms with Gasteiger partial charge in [0.05, 0.1) is 0 Å². The van der Waals surface area contributed by atoms with E-state index in [2.05, 4.69) is 11.9 Å². The van der Waals surface area contributed by atoms with Crippen molar-refractivity contribution in [2.75, 3.05) is 13.7 Å². The van der Waals surface area contributed by atoms with Gasteiger partial charge in [0.25, 0.3) is 0 Å². The highest BCUT2D eigenvalue weighted by molar-refractivity contribution is 6.29. The van der Waals surface area contributed by atoms with E-state index in [-0.39, 0.29) is 18.2 Å². The predicted molar refractivity (Wildman–Crippen MR) is 59.7 cm³/mol. The van der Waals surface area contributed by atoms with Crippen molar-refractivity contribution in [3.05, 3.63) is 41.2 Å². The molecule has 0 heterocycles. The molecule has 0 spiro atoms. The summed E-state index contributed by atoms with van der Waals surface area (Å²) in [5, 5.41) is 3.28. The van der Waals surface area contributed by atoms with Crippen molar-refractivity contribution in [1.29, 1.82) is 0 Å². The van der Waals surface area contributed by atoms with Gasteiger partial charge in [-0.05, 0) is 13.1 Å². The lowest BCUT2D eigenvalue weighted by Gasteiger charge is -2.11. The number of nitrogens with one attached hydrogen (secondary N) is 1. The highest BCUT2D eigenvalue weighted by Crippen LogP contribution is 2.23. The molecule has 0 unspecified atom stereocenters. The van der Waals surface area contributed by atoms with E-state index < -0.39 is 0 Å². The molecule has 0 aliphatic heterocycles. The van der Waals surface area contributed by atoms with Crippen LogP contribution in [0, 0.1) is 5.82 Å². The van der Waals surface area contributed by atoms with Crippen LogP contribution in [0.4, 0.5) is 4.39 Å². The third kappa shape index (κ3) is 3.53. The Hall–Kier alpha value is -1.06. The molecule has 1 rings (SSSR count). The summed E-state index contributed by atoms with van der Waals surface area (Å²) < 4.78 is 18.6. The predicted octanol–water partition coefficient (Wildman–Crippen LogP) is 2.68. The summed E-state index contributed by atoms with van der Waals surface area (Å²) in [6.45, 7) is 4.13. The molecule has 0 bridgehead atoms. The smallest absolute Gasteiger partial charge is 0.165 e. The number of benzene rings is 1. The van der Waals surface area contributed by atoms with Crippen LogP contribution in [0.25, 0.3) is 0 Å². The number of halogens is 2. The van der Waals surface area contributed by atoms with E-state index in [0.717, 1.165) is 5.56 Å². The standard InChI is InChI=1S/C11H13ClFNO/c1-8(12)7-15-11-9(6-14-2)4-3-5-10(11)13/h3-5,14H,1,6-7H2,2H3. The molecular formula is C11H13ClFNO. The average molecular weight is 230 g/mol. The minimum absolute atomic E-state index is 0.110. The van der Waals surface area contributed by atoms with Crippen molar-refractivity contribution in [1.82, 2.24) is 5.32 Å². The van der Waals surface area contributed by atoms with E-state index in [4.69, 9.17) is 16.3 Å². The molecule has 0 aromatic heterocycles. The zero-order valence-corrected chi connectivity index (χ0v) is 9.27. The Morgan fingerprint density at radius 2 is 2.33 bits per heavy atom. The van der Waals surface area contributed by atoms with Crippen LogP contribution in [0.3, 0.4) is 0 Å². The molecule has 0 amide bonds. The summed E-state index contributed by atoms with van der Waals surface area (Å²) in [4.78, 5) is 0. The fraction of sp³-hybridized carbons (Fsp3) is 0.273. The van der Waals surface area contributed by atoms with Crippen LogP contribution in [0.15, 0.2) is 29.8 Å². The first-order valence-corrected chi connectivity index (χ1v) is 4.91. The monoisotopic (exact) mass is 229 g/mol. The summed E-state index contributed by atoms with van der Waals surface area (Å²) in [5.41, 5.74) is 0.760. The summed E-state index contributed by atoms with van der Waals surface area (Å²) >= 11 is 5.55. The maximum atomic E-state index is 13.4. The molecule has 0 fully saturated rings. The molecule has 82 valence electrons. The highest BCUT2D eigenvalue weighted by atomic mass is 35.5. The fourth-order valence-electron chi connectivity index (χ4n) is 1.20. The third-order valence-corrected chi connectivity index (χ3v) is 1.90. The lowest BCUT2D eigenvalue weighted by atomic mass is 10.2. The third-order valence-electron chi connectivity index (χ3n) is 1.79. The van der Waals surface area contributed by atoms with Gasteiger partial charge in [-0.1, -0.05) is 30.3 Å². The van der Waals surface area contributed by atoms with E-state index in [0.29, 0.717) is 11.6 Å². The lowest BCUT2D eigenvalue weighted by molar-refractivity contribution is 0.334. The van der Waals surface area contributed by atoms with Gasteiger partial charge < -0.3 is 10.1 Å². The average Bonchev–Trinajstić information content (AvgIpc) is 2.17. The molecule has 4 heteroatoms. The first-order valence-electron chi connectivity index (χ1n) is 4.53. The molecule has 0 atom stereocenters. The van der Waals surface area contributed by atoms with E-state index >= 15 is 0 Å². The second-order valence-corrected chi connectivity index (χ2v) is 3.60. The van der Waals surface area contributed by atoms with Gasteiger partial charge in [-0.25, -0.2) is 4.39 Å². The maximum Gasteiger partial charge on any atom is 0.165 e. The molecular weight excluding hydrogens is 217 g/mol. The maximum absolute atomic E-state index is 13.4. The Bertz CT molecular complexity index is 354. The molecule has 0 saturated heterocycles. The van der Waals surface area contributed by atoms with Crippen molar-refractivity contribution in [3.63, 3.8) is 0 Å². The van der Waals surface area contributed by atoms with Crippen molar-refractivity contribution in [2.45, 2.75) is 6.54 Å². The Morgan fingerprint density at radius 1 is 1.60 bits per heavy atom. The van der Waals surface area contributed by atoms with Gasteiger partial charge in [-0.2, -0.15) is 0 Å². The van der Waals surface area contributed by atoms with Crippen LogP contribution in [0.5, 0.6) is 5.75 Å². The summed E-state index contributed by atoms with van der Waals surface area (Å²) in [6.07, 6.45) is 0. The van der Waals surface area contributed by atoms with E-state index in [1.54, 1.807) is 19.2 Å². The van der Waals surface area contributed by atoms with E-state index in [9.17, 15) is 4.39 Å². The number of ether oxygens (including phenoxy) is 1. The van der Waals surface area contributed by atoms with E-state index in [1.807, 2.05) is 0 Å². The molecule has 1 N–H and O–H groups in total. The van der Waals surface area contributed by atoms with Crippen molar-refractivity contribution < 1.29 is 9.13 Å². The fourth-order valence-corrected chi connectivity index (χ4v) is 1.25. The van der Waals surface area contributed by atoms with Gasteiger partial charge in [-0.3, -0.25) is 0 Å². The van der Waals surface area contributed by atoms with Gasteiger partial charge in [-0.15, -0.1) is 0 Å². The quantitative estimate of drug-likeness (QED) is 0.838. The highest BCUT2D eigenvalue weighted by Gasteiger charge is 2.09. The summed E-state index contributed by atoms with van der Waals surface area (Å²) in [6, 6.07) is 4.79. The molecule has 1 aromatic rings. The van der Waals surface area contributed by atoms with Crippen LogP contribution in [-0.4, -0.2) is 13.7 Å². The number of rotatable bonds is 5. The first kappa shape index (κ1) is 12.0. The SMILES string of the molecule is C=C(Cl)COc1c(F)cccc1CNC. The van der Waals surface area contributed by atoms with Crippen molar-refractivity contribution in [3.8, 4) is 5.75 Å². The molecule has 15 heavy (non-hydrogen) atoms. The van der Waals surface area contributed by atoms with Crippen LogP contribution < -0.4 is 10.1 Å². The zero-order valence-electron chi connectivity index (χ0n) is 8.52. The second-order valence-electron chi connectivity index (χ2n) is 3.06. The topological polar surface area (TPSA) is 21.3 Å². The minimum atomic E-state index is -0.388. The lowest BCUT2D eigenvalue weighted by Crippen LogP contribution is -2.09. The molecule has 0 radical (unpaired) electrons. The first-order chi connectivity index (χ1) is 7.15. The minimum Gasteiger partial charge on any atom is -0.485 e. The molecule has 0 aliphatic carbocycles. The van der Waals surface area contributed by atoms with Gasteiger partial charge >= 0.3 is 0 Å². The van der Waals surface area contributed by atoms with Crippen molar-refractivity contribution >= 4 is 11.6 Å². The Morgan fingerprint density at radius 3 is 2.93 bits per heavy atom. The summed E-state index contributed by atoms with van der Waals surface area (Å²) in [5.74, 6) is -0.158. The van der Waals surface area contributed by atoms with Gasteiger partial charge in [0, 0.05) is 17.1 Å². The Kier molecular flexibility index (Phi) is 4.59. The van der Waals surface area contributed by atoms with Crippen LogP contribution in [0.1, 0.15) is 5.56 Å². The Balaban J connectivity index is 2.86. The van der Waals surface area contributed by atoms with Crippen LogP contribution in [-0.2, 0) is 6.54 Å². The number of hydrogen-bond acceptors (Lipinski definition) is 2. The second kappa shape index (κ2) is 5.73. The van der Waals surface area contributed by atoms with E-state index in [1.165, 1.54) is 6.07 Å². The van der Waals surface area contributed by atoms with Crippen LogP contribution >= 0.6 is 11.6 Å². The zero-order chi connectivity index (χ0) is 11.3. The molecule has 0 aliphatic rings. The molecule has 0 saturated carbocycles. The number of para-hydroxylation sites is 1. The van der Waals surface area contributed by atoms with Gasteiger partial charge in [0.2, 0.25) is 0 Å². The summed E-state index contributed by atoms with van der Waals surface area (Å²) in [7, 11) is 1.79. The van der Waals surface area contributed by atoms with Crippen molar-refractivity contribution in [2.24, 2.45) is 0 Å². The molecule has 2 nitrogen and oxygen atoms in total. The molecule has 1 aromatic carbocycles. The van der Waals surface area contributed by atoms with Gasteiger partial charge in [0.1, 0.15) is 6.61 Å². The number of hydrogen-bond donors (Lipinski definition) is 1. The Labute approximate surface area is 93.7 Å². The largest absolute Gasteiger partial charge is 0.485 e. The van der Waals surface area contributed by atoms with Gasteiger partial charge in [0.15, 0.2) is 11.6 Å². The van der Waals surface area contributed by atoms with Crippen LogP contribution in [0.2, 0.25) is 0 Å². The normalized spacial score (nSPS) is 10.1.